The molecule has 0 bridgehead atoms. The number of thiophene rings is 2. The van der Waals surface area contributed by atoms with Crippen LogP contribution in [0.3, 0.4) is 0 Å². The fourth-order valence-corrected chi connectivity index (χ4v) is 4.27. The van der Waals surface area contributed by atoms with Crippen LogP contribution < -0.4 is 19.9 Å². The first-order valence-corrected chi connectivity index (χ1v) is 10.0. The highest BCUT2D eigenvalue weighted by atomic mass is 32.1. The molecule has 3 rings (SSSR count). The van der Waals surface area contributed by atoms with E-state index in [2.05, 4.69) is 11.8 Å². The van der Waals surface area contributed by atoms with Crippen LogP contribution in [0, 0.1) is 18.8 Å². The van der Waals surface area contributed by atoms with E-state index in [1.54, 1.807) is 23.5 Å². The molecule has 0 radical (unpaired) electrons. The Morgan fingerprint density at radius 2 is 1.75 bits per heavy atom. The summed E-state index contributed by atoms with van der Waals surface area (Å²) < 4.78 is 16.0. The molecule has 0 aliphatic carbocycles. The van der Waals surface area contributed by atoms with Gasteiger partial charge in [-0.15, -0.1) is 11.3 Å². The Labute approximate surface area is 171 Å². The van der Waals surface area contributed by atoms with Crippen molar-refractivity contribution in [2.24, 2.45) is 0 Å². The second kappa shape index (κ2) is 8.38. The summed E-state index contributed by atoms with van der Waals surface area (Å²) in [6, 6.07) is 5.19. The van der Waals surface area contributed by atoms with Gasteiger partial charge in [0.05, 0.1) is 36.8 Å². The zero-order chi connectivity index (χ0) is 20.3. The third-order valence-electron chi connectivity index (χ3n) is 4.17. The van der Waals surface area contributed by atoms with E-state index in [9.17, 15) is 4.79 Å². The van der Waals surface area contributed by atoms with Crippen LogP contribution >= 0.6 is 22.7 Å². The molecule has 5 nitrogen and oxygen atoms in total. The minimum Gasteiger partial charge on any atom is -0.493 e. The van der Waals surface area contributed by atoms with Crippen LogP contribution in [0.2, 0.25) is 0 Å². The van der Waals surface area contributed by atoms with Gasteiger partial charge < -0.3 is 19.9 Å². The Balaban J connectivity index is 2.04. The fourth-order valence-electron chi connectivity index (χ4n) is 2.76. The zero-order valence-corrected chi connectivity index (χ0v) is 17.5. The smallest absolute Gasteiger partial charge is 0.203 e. The molecule has 28 heavy (non-hydrogen) atoms. The monoisotopic (exact) mass is 413 g/mol. The van der Waals surface area contributed by atoms with Crippen molar-refractivity contribution in [3.05, 3.63) is 56.1 Å². The van der Waals surface area contributed by atoms with Gasteiger partial charge in [-0.25, -0.2) is 0 Å². The van der Waals surface area contributed by atoms with Crippen LogP contribution in [-0.2, 0) is 0 Å². The molecule has 0 fully saturated rings. The van der Waals surface area contributed by atoms with Crippen LogP contribution in [0.1, 0.15) is 31.9 Å². The normalized spacial score (nSPS) is 10.1. The first-order chi connectivity index (χ1) is 13.5. The molecule has 0 saturated heterocycles. The lowest BCUT2D eigenvalue weighted by Gasteiger charge is -2.14. The summed E-state index contributed by atoms with van der Waals surface area (Å²) in [5, 5.41) is 4.38. The molecule has 0 atom stereocenters. The van der Waals surface area contributed by atoms with Crippen molar-refractivity contribution in [1.29, 1.82) is 0 Å². The van der Waals surface area contributed by atoms with Crippen molar-refractivity contribution >= 4 is 33.5 Å². The van der Waals surface area contributed by atoms with E-state index >= 15 is 0 Å². The lowest BCUT2D eigenvalue weighted by atomic mass is 10.00. The van der Waals surface area contributed by atoms with Gasteiger partial charge in [-0.1, -0.05) is 11.8 Å². The van der Waals surface area contributed by atoms with Gasteiger partial charge in [0.1, 0.15) is 0 Å². The molecule has 144 valence electrons. The molecule has 3 aromatic rings. The molecule has 0 unspecified atom stereocenters. The van der Waals surface area contributed by atoms with Crippen molar-refractivity contribution in [2.75, 3.05) is 27.1 Å². The van der Waals surface area contributed by atoms with E-state index in [0.29, 0.717) is 33.4 Å². The van der Waals surface area contributed by atoms with Gasteiger partial charge in [-0.05, 0) is 36.1 Å². The molecule has 2 aromatic heterocycles. The Kier molecular flexibility index (Phi) is 5.93. The molecule has 2 N–H and O–H groups in total. The average Bonchev–Trinajstić information content (AvgIpc) is 3.32. The topological polar surface area (TPSA) is 70.8 Å². The Hall–Kier alpha value is -2.95. The number of benzene rings is 1. The summed E-state index contributed by atoms with van der Waals surface area (Å²) >= 11 is 2.90. The molecule has 7 heteroatoms. The highest BCUT2D eigenvalue weighted by Gasteiger charge is 2.23. The Morgan fingerprint density at radius 3 is 2.29 bits per heavy atom. The first kappa shape index (κ1) is 19.8. The maximum absolute atomic E-state index is 13.2. The van der Waals surface area contributed by atoms with E-state index < -0.39 is 0 Å². The fraction of sp³-hybridized carbons (Fsp3) is 0.190. The zero-order valence-electron chi connectivity index (χ0n) is 15.9. The number of anilines is 1. The van der Waals surface area contributed by atoms with Gasteiger partial charge in [0, 0.05) is 16.5 Å². The second-order valence-electron chi connectivity index (χ2n) is 5.80. The van der Waals surface area contributed by atoms with Gasteiger partial charge in [0.25, 0.3) is 0 Å². The van der Waals surface area contributed by atoms with Crippen molar-refractivity contribution in [3.8, 4) is 29.1 Å². The molecular weight excluding hydrogens is 394 g/mol. The van der Waals surface area contributed by atoms with Gasteiger partial charge in [0.2, 0.25) is 5.75 Å². The molecule has 0 aliphatic heterocycles. The van der Waals surface area contributed by atoms with Crippen molar-refractivity contribution in [3.63, 3.8) is 0 Å². The van der Waals surface area contributed by atoms with Crippen LogP contribution in [0.25, 0.3) is 0 Å². The van der Waals surface area contributed by atoms with E-state index in [0.717, 1.165) is 16.0 Å². The summed E-state index contributed by atoms with van der Waals surface area (Å²) in [5.74, 6) is 7.26. The summed E-state index contributed by atoms with van der Waals surface area (Å²) in [4.78, 5) is 14.0. The van der Waals surface area contributed by atoms with Gasteiger partial charge in [-0.2, -0.15) is 11.3 Å². The number of hydrogen-bond acceptors (Lipinski definition) is 7. The van der Waals surface area contributed by atoms with E-state index in [1.807, 2.05) is 23.8 Å². The number of carbonyl (C=O) groups is 1. The lowest BCUT2D eigenvalue weighted by Crippen LogP contribution is -2.06. The largest absolute Gasteiger partial charge is 0.493 e. The number of methoxy groups -OCH3 is 3. The number of nitrogen functional groups attached to an aromatic ring is 1. The van der Waals surface area contributed by atoms with Crippen molar-refractivity contribution < 1.29 is 19.0 Å². The second-order valence-corrected chi connectivity index (χ2v) is 7.63. The molecule has 0 saturated carbocycles. The quantitative estimate of drug-likeness (QED) is 0.497. The van der Waals surface area contributed by atoms with Gasteiger partial charge in [0.15, 0.2) is 17.3 Å². The predicted octanol–water partition coefficient (Wildman–Crippen LogP) is 4.36. The molecule has 2 heterocycles. The van der Waals surface area contributed by atoms with Crippen LogP contribution in [0.5, 0.6) is 17.2 Å². The number of ketones is 1. The summed E-state index contributed by atoms with van der Waals surface area (Å²) in [5.41, 5.74) is 8.73. The van der Waals surface area contributed by atoms with Crippen LogP contribution in [0.15, 0.2) is 29.0 Å². The van der Waals surface area contributed by atoms with E-state index in [4.69, 9.17) is 19.9 Å². The number of rotatable bonds is 5. The highest BCUT2D eigenvalue weighted by molar-refractivity contribution is 7.17. The maximum atomic E-state index is 13.2. The molecule has 0 spiro atoms. The average molecular weight is 414 g/mol. The van der Waals surface area contributed by atoms with Crippen LogP contribution in [-0.4, -0.2) is 27.1 Å². The third-order valence-corrected chi connectivity index (χ3v) is 5.89. The number of hydrogen-bond donors (Lipinski definition) is 1. The first-order valence-electron chi connectivity index (χ1n) is 8.27. The molecular formula is C21H19NO4S2. The molecule has 0 amide bonds. The minimum atomic E-state index is -0.214. The molecule has 0 aliphatic rings. The Morgan fingerprint density at radius 1 is 1.07 bits per heavy atom. The van der Waals surface area contributed by atoms with Gasteiger partial charge >= 0.3 is 0 Å². The van der Waals surface area contributed by atoms with Gasteiger partial charge in [-0.3, -0.25) is 4.79 Å². The predicted molar refractivity (Wildman–Crippen MR) is 113 cm³/mol. The highest BCUT2D eigenvalue weighted by Crippen LogP contribution is 2.40. The summed E-state index contributed by atoms with van der Waals surface area (Å²) in [7, 11) is 4.53. The number of ether oxygens (including phenoxy) is 3. The van der Waals surface area contributed by atoms with Crippen molar-refractivity contribution in [1.82, 2.24) is 0 Å². The SMILES string of the molecule is COc1cc(C(=O)c2c(N)sc(C#Cc3ccsc3)c2C)cc(OC)c1OC. The maximum Gasteiger partial charge on any atom is 0.203 e. The minimum absolute atomic E-state index is 0.214. The Bertz CT molecular complexity index is 1050. The van der Waals surface area contributed by atoms with E-state index in [1.165, 1.54) is 32.7 Å². The molecule has 1 aromatic carbocycles. The van der Waals surface area contributed by atoms with Crippen molar-refractivity contribution in [2.45, 2.75) is 6.92 Å². The number of carbonyl (C=O) groups excluding carboxylic acids is 1. The standard InChI is InChI=1S/C21H19NO4S2/c1-12-17(6-5-13-7-8-27-11-13)28-21(22)18(12)19(23)14-9-15(24-2)20(26-4)16(10-14)25-3/h7-11H,22H2,1-4H3. The van der Waals surface area contributed by atoms with E-state index in [-0.39, 0.29) is 5.78 Å². The third kappa shape index (κ3) is 3.70. The lowest BCUT2D eigenvalue weighted by molar-refractivity contribution is 0.103. The summed E-state index contributed by atoms with van der Waals surface area (Å²) in [6.45, 7) is 1.86. The number of nitrogens with two attached hydrogens (primary N) is 1. The summed E-state index contributed by atoms with van der Waals surface area (Å²) in [6.07, 6.45) is 0. The van der Waals surface area contributed by atoms with Crippen LogP contribution in [0.4, 0.5) is 5.00 Å².